The Morgan fingerprint density at radius 1 is 1.60 bits per heavy atom. The van der Waals surface area contributed by atoms with Gasteiger partial charge >= 0.3 is 5.97 Å². The first-order valence-corrected chi connectivity index (χ1v) is 2.84. The number of hydrogen-bond acceptors (Lipinski definition) is 3. The van der Waals surface area contributed by atoms with E-state index < -0.39 is 11.6 Å². The highest BCUT2D eigenvalue weighted by Gasteiger charge is 2.32. The number of carbonyl (C=O) groups is 1. The quantitative estimate of drug-likeness (QED) is 0.615. The van der Waals surface area contributed by atoms with Crippen molar-refractivity contribution < 1.29 is 19.4 Å². The van der Waals surface area contributed by atoms with Gasteiger partial charge in [-0.2, -0.15) is 0 Å². The summed E-state index contributed by atoms with van der Waals surface area (Å²) in [6, 6.07) is 0. The Morgan fingerprint density at radius 3 is 2.20 bits per heavy atom. The first kappa shape index (κ1) is 9.39. The summed E-state index contributed by atoms with van der Waals surface area (Å²) in [4.78, 5) is 10.4. The first-order valence-electron chi connectivity index (χ1n) is 2.84. The van der Waals surface area contributed by atoms with E-state index in [-0.39, 0.29) is 6.61 Å². The maximum absolute atomic E-state index is 10.4. The van der Waals surface area contributed by atoms with Crippen molar-refractivity contribution in [2.24, 2.45) is 0 Å². The second kappa shape index (κ2) is 3.53. The number of methoxy groups -OCH3 is 2. The van der Waals surface area contributed by atoms with Gasteiger partial charge in [-0.05, 0) is 6.92 Å². The summed E-state index contributed by atoms with van der Waals surface area (Å²) in [5.41, 5.74) is -1.21. The van der Waals surface area contributed by atoms with Crippen LogP contribution >= 0.6 is 0 Å². The summed E-state index contributed by atoms with van der Waals surface area (Å²) >= 11 is 0. The summed E-state index contributed by atoms with van der Waals surface area (Å²) in [5.74, 6) is -1.02. The zero-order valence-electron chi connectivity index (χ0n) is 6.38. The highest BCUT2D eigenvalue weighted by molar-refractivity contribution is 5.77. The Hall–Kier alpha value is -0.610. The fourth-order valence-corrected chi connectivity index (χ4v) is 0.483. The number of carboxylic acid groups (broad SMARTS) is 1. The van der Waals surface area contributed by atoms with Gasteiger partial charge in [0.2, 0.25) is 0 Å². The molecule has 0 saturated carbocycles. The fraction of sp³-hybridized carbons (Fsp3) is 0.833. The minimum absolute atomic E-state index is 0.0544. The highest BCUT2D eigenvalue weighted by Crippen LogP contribution is 2.08. The van der Waals surface area contributed by atoms with Crippen LogP contribution in [0, 0.1) is 0 Å². The Kier molecular flexibility index (Phi) is 3.32. The van der Waals surface area contributed by atoms with Crippen molar-refractivity contribution in [2.75, 3.05) is 20.8 Å². The van der Waals surface area contributed by atoms with E-state index >= 15 is 0 Å². The topological polar surface area (TPSA) is 55.8 Å². The van der Waals surface area contributed by atoms with Crippen LogP contribution in [0.1, 0.15) is 6.92 Å². The van der Waals surface area contributed by atoms with E-state index in [9.17, 15) is 4.79 Å². The van der Waals surface area contributed by atoms with Gasteiger partial charge < -0.3 is 14.6 Å². The molecule has 0 unspecified atom stereocenters. The molecule has 60 valence electrons. The zero-order chi connectivity index (χ0) is 8.20. The predicted octanol–water partition coefficient (Wildman–Crippen LogP) is 0.123. The van der Waals surface area contributed by atoms with Crippen LogP contribution in [0.25, 0.3) is 0 Å². The number of rotatable bonds is 4. The number of hydrogen-bond donors (Lipinski definition) is 1. The molecular formula is C6H12O4. The van der Waals surface area contributed by atoms with Gasteiger partial charge in [-0.15, -0.1) is 0 Å². The molecule has 0 aromatic rings. The largest absolute Gasteiger partial charge is 0.479 e. The minimum atomic E-state index is -1.21. The molecule has 4 nitrogen and oxygen atoms in total. The molecule has 1 atom stereocenters. The van der Waals surface area contributed by atoms with Crippen molar-refractivity contribution in [2.45, 2.75) is 12.5 Å². The third kappa shape index (κ3) is 1.97. The molecule has 0 aliphatic heterocycles. The van der Waals surface area contributed by atoms with Crippen LogP contribution in [-0.4, -0.2) is 37.5 Å². The molecule has 0 rings (SSSR count). The van der Waals surface area contributed by atoms with Crippen LogP contribution in [-0.2, 0) is 14.3 Å². The predicted molar refractivity (Wildman–Crippen MR) is 34.9 cm³/mol. The molecule has 0 amide bonds. The molecule has 0 heterocycles. The molecule has 0 aliphatic carbocycles. The van der Waals surface area contributed by atoms with Gasteiger partial charge in [0.15, 0.2) is 5.60 Å². The van der Waals surface area contributed by atoms with Gasteiger partial charge in [0, 0.05) is 14.2 Å². The van der Waals surface area contributed by atoms with Crippen LogP contribution in [0.15, 0.2) is 0 Å². The van der Waals surface area contributed by atoms with Gasteiger partial charge in [-0.3, -0.25) is 0 Å². The molecule has 0 aromatic heterocycles. The lowest BCUT2D eigenvalue weighted by atomic mass is 10.1. The molecule has 4 heteroatoms. The molecule has 0 spiro atoms. The van der Waals surface area contributed by atoms with Crippen molar-refractivity contribution in [3.8, 4) is 0 Å². The van der Waals surface area contributed by atoms with Gasteiger partial charge in [-0.1, -0.05) is 0 Å². The molecule has 10 heavy (non-hydrogen) atoms. The second-order valence-electron chi connectivity index (χ2n) is 2.17. The van der Waals surface area contributed by atoms with Gasteiger partial charge in [0.05, 0.1) is 6.61 Å². The lowest BCUT2D eigenvalue weighted by Crippen LogP contribution is -2.41. The Bertz CT molecular complexity index is 123. The van der Waals surface area contributed by atoms with Crippen LogP contribution < -0.4 is 0 Å². The van der Waals surface area contributed by atoms with Crippen molar-refractivity contribution in [1.29, 1.82) is 0 Å². The normalized spacial score (nSPS) is 16.3. The molecule has 0 aromatic carbocycles. The second-order valence-corrected chi connectivity index (χ2v) is 2.17. The van der Waals surface area contributed by atoms with Gasteiger partial charge in [0.1, 0.15) is 0 Å². The Morgan fingerprint density at radius 2 is 2.10 bits per heavy atom. The van der Waals surface area contributed by atoms with E-state index in [1.165, 1.54) is 21.1 Å². The first-order chi connectivity index (χ1) is 4.56. The summed E-state index contributed by atoms with van der Waals surface area (Å²) in [5, 5.41) is 8.56. The molecule has 1 N–H and O–H groups in total. The van der Waals surface area contributed by atoms with Crippen molar-refractivity contribution in [3.05, 3.63) is 0 Å². The standard InChI is InChI=1S/C6H12O4/c1-6(10-3,4-9-2)5(7)8/h4H2,1-3H3,(H,7,8)/t6-/m1/s1. The average molecular weight is 148 g/mol. The third-order valence-corrected chi connectivity index (χ3v) is 1.32. The van der Waals surface area contributed by atoms with E-state index in [1.807, 2.05) is 0 Å². The zero-order valence-corrected chi connectivity index (χ0v) is 6.38. The molecular weight excluding hydrogens is 136 g/mol. The number of carboxylic acids is 1. The Balaban J connectivity index is 4.08. The summed E-state index contributed by atoms with van der Waals surface area (Å²) in [6.07, 6.45) is 0. The average Bonchev–Trinajstić information content (AvgIpc) is 1.88. The van der Waals surface area contributed by atoms with E-state index in [2.05, 4.69) is 4.74 Å². The van der Waals surface area contributed by atoms with Gasteiger partial charge in [-0.25, -0.2) is 4.79 Å². The molecule has 0 aliphatic rings. The van der Waals surface area contributed by atoms with Crippen LogP contribution in [0.4, 0.5) is 0 Å². The lowest BCUT2D eigenvalue weighted by molar-refractivity contribution is -0.165. The van der Waals surface area contributed by atoms with E-state index in [0.29, 0.717) is 0 Å². The minimum Gasteiger partial charge on any atom is -0.479 e. The van der Waals surface area contributed by atoms with Crippen molar-refractivity contribution in [1.82, 2.24) is 0 Å². The van der Waals surface area contributed by atoms with Crippen LogP contribution in [0.3, 0.4) is 0 Å². The van der Waals surface area contributed by atoms with Crippen LogP contribution in [0.2, 0.25) is 0 Å². The smallest absolute Gasteiger partial charge is 0.338 e. The summed E-state index contributed by atoms with van der Waals surface area (Å²) in [7, 11) is 2.77. The van der Waals surface area contributed by atoms with Crippen LogP contribution in [0.5, 0.6) is 0 Å². The monoisotopic (exact) mass is 148 g/mol. The maximum atomic E-state index is 10.4. The molecule has 0 bridgehead atoms. The highest BCUT2D eigenvalue weighted by atomic mass is 16.5. The molecule has 0 radical (unpaired) electrons. The number of ether oxygens (including phenoxy) is 2. The van der Waals surface area contributed by atoms with E-state index in [0.717, 1.165) is 0 Å². The molecule has 0 saturated heterocycles. The summed E-state index contributed by atoms with van der Waals surface area (Å²) in [6.45, 7) is 1.51. The molecule has 0 fully saturated rings. The fourth-order valence-electron chi connectivity index (χ4n) is 0.483. The maximum Gasteiger partial charge on any atom is 0.338 e. The SMILES string of the molecule is COC[C@@](C)(OC)C(=O)O. The Labute approximate surface area is 59.7 Å². The summed E-state index contributed by atoms with van der Waals surface area (Å²) < 4.78 is 9.37. The van der Waals surface area contributed by atoms with Crippen molar-refractivity contribution >= 4 is 5.97 Å². The van der Waals surface area contributed by atoms with Crippen molar-refractivity contribution in [3.63, 3.8) is 0 Å². The third-order valence-electron chi connectivity index (χ3n) is 1.32. The van der Waals surface area contributed by atoms with Gasteiger partial charge in [0.25, 0.3) is 0 Å². The van der Waals surface area contributed by atoms with E-state index in [1.54, 1.807) is 0 Å². The number of aliphatic carboxylic acids is 1. The lowest BCUT2D eigenvalue weighted by Gasteiger charge is -2.21. The van der Waals surface area contributed by atoms with E-state index in [4.69, 9.17) is 9.84 Å².